The van der Waals surface area contributed by atoms with E-state index in [0.29, 0.717) is 18.7 Å². The molecule has 0 amide bonds. The van der Waals surface area contributed by atoms with Gasteiger partial charge in [0.05, 0.1) is 0 Å². The largest absolute Gasteiger partial charge is 0.339 e. The zero-order valence-corrected chi connectivity index (χ0v) is 11.6. The van der Waals surface area contributed by atoms with Crippen molar-refractivity contribution < 1.29 is 4.52 Å². The van der Waals surface area contributed by atoms with Crippen molar-refractivity contribution in [2.45, 2.75) is 45.6 Å². The van der Waals surface area contributed by atoms with Crippen LogP contribution in [-0.4, -0.2) is 16.2 Å². The molecule has 0 fully saturated rings. The minimum atomic E-state index is 0.109. The Kier molecular flexibility index (Phi) is 4.68. The molecule has 1 aromatic heterocycles. The highest BCUT2D eigenvalue weighted by Gasteiger charge is 2.11. The molecule has 2 aromatic rings. The number of hydrogen-bond acceptors (Lipinski definition) is 4. The van der Waals surface area contributed by atoms with Crippen molar-refractivity contribution in [2.24, 2.45) is 5.73 Å². The van der Waals surface area contributed by atoms with Crippen molar-refractivity contribution in [2.75, 3.05) is 0 Å². The SMILES string of the molecule is CCCC(N)Cc1nc(Cc2ccc(C)cc2)no1. The smallest absolute Gasteiger partial charge is 0.228 e. The first-order chi connectivity index (χ1) is 9.17. The molecule has 0 aliphatic carbocycles. The third-order valence-corrected chi connectivity index (χ3v) is 3.09. The van der Waals surface area contributed by atoms with Gasteiger partial charge in [0, 0.05) is 18.9 Å². The normalized spacial score (nSPS) is 12.6. The fourth-order valence-corrected chi connectivity index (χ4v) is 2.03. The second-order valence-electron chi connectivity index (χ2n) is 5.02. The van der Waals surface area contributed by atoms with E-state index >= 15 is 0 Å². The number of aryl methyl sites for hydroxylation is 1. The van der Waals surface area contributed by atoms with Crippen LogP contribution in [0.25, 0.3) is 0 Å². The molecule has 1 heterocycles. The Morgan fingerprint density at radius 3 is 2.68 bits per heavy atom. The van der Waals surface area contributed by atoms with Gasteiger partial charge in [-0.1, -0.05) is 48.3 Å². The molecule has 1 atom stereocenters. The Morgan fingerprint density at radius 2 is 2.00 bits per heavy atom. The maximum absolute atomic E-state index is 5.97. The molecule has 0 bridgehead atoms. The molecule has 0 saturated carbocycles. The summed E-state index contributed by atoms with van der Waals surface area (Å²) in [6, 6.07) is 8.47. The summed E-state index contributed by atoms with van der Waals surface area (Å²) in [5.74, 6) is 1.37. The second kappa shape index (κ2) is 6.48. The molecule has 4 nitrogen and oxygen atoms in total. The van der Waals surface area contributed by atoms with Gasteiger partial charge in [0.15, 0.2) is 5.82 Å². The van der Waals surface area contributed by atoms with Crippen molar-refractivity contribution in [1.29, 1.82) is 0 Å². The van der Waals surface area contributed by atoms with E-state index in [4.69, 9.17) is 10.3 Å². The van der Waals surface area contributed by atoms with Gasteiger partial charge in [-0.25, -0.2) is 0 Å². The fourth-order valence-electron chi connectivity index (χ4n) is 2.03. The van der Waals surface area contributed by atoms with Crippen LogP contribution >= 0.6 is 0 Å². The van der Waals surface area contributed by atoms with Crippen molar-refractivity contribution in [1.82, 2.24) is 10.1 Å². The van der Waals surface area contributed by atoms with Crippen molar-refractivity contribution in [3.05, 3.63) is 47.1 Å². The molecule has 2 N–H and O–H groups in total. The molecule has 0 aliphatic rings. The molecule has 0 radical (unpaired) electrons. The lowest BCUT2D eigenvalue weighted by Gasteiger charge is -2.05. The molecule has 1 unspecified atom stereocenters. The van der Waals surface area contributed by atoms with E-state index in [9.17, 15) is 0 Å². The Labute approximate surface area is 114 Å². The van der Waals surface area contributed by atoms with Crippen LogP contribution in [0, 0.1) is 6.92 Å². The lowest BCUT2D eigenvalue weighted by atomic mass is 10.1. The standard InChI is InChI=1S/C15H21N3O/c1-3-4-13(16)10-15-17-14(18-19-15)9-12-7-5-11(2)6-8-12/h5-8,13H,3-4,9-10,16H2,1-2H3. The van der Waals surface area contributed by atoms with Gasteiger partial charge in [0.1, 0.15) is 0 Å². The van der Waals surface area contributed by atoms with Crippen LogP contribution in [0.3, 0.4) is 0 Å². The highest BCUT2D eigenvalue weighted by atomic mass is 16.5. The quantitative estimate of drug-likeness (QED) is 0.866. The predicted molar refractivity (Wildman–Crippen MR) is 74.9 cm³/mol. The first-order valence-corrected chi connectivity index (χ1v) is 6.80. The minimum Gasteiger partial charge on any atom is -0.339 e. The average Bonchev–Trinajstić information content (AvgIpc) is 2.80. The lowest BCUT2D eigenvalue weighted by molar-refractivity contribution is 0.361. The van der Waals surface area contributed by atoms with E-state index < -0.39 is 0 Å². The molecule has 0 aliphatic heterocycles. The molecule has 2 rings (SSSR count). The van der Waals surface area contributed by atoms with E-state index in [1.165, 1.54) is 11.1 Å². The van der Waals surface area contributed by atoms with Gasteiger partial charge in [-0.2, -0.15) is 4.98 Å². The van der Waals surface area contributed by atoms with Crippen molar-refractivity contribution in [3.63, 3.8) is 0 Å². The maximum atomic E-state index is 5.97. The van der Waals surface area contributed by atoms with Gasteiger partial charge in [0.25, 0.3) is 0 Å². The minimum absolute atomic E-state index is 0.109. The van der Waals surface area contributed by atoms with E-state index in [-0.39, 0.29) is 6.04 Å². The highest BCUT2D eigenvalue weighted by Crippen LogP contribution is 2.10. The summed E-state index contributed by atoms with van der Waals surface area (Å²) < 4.78 is 5.24. The molecule has 19 heavy (non-hydrogen) atoms. The van der Waals surface area contributed by atoms with Crippen LogP contribution in [0.1, 0.15) is 42.6 Å². The lowest BCUT2D eigenvalue weighted by Crippen LogP contribution is -2.22. The zero-order valence-electron chi connectivity index (χ0n) is 11.6. The number of nitrogens with two attached hydrogens (primary N) is 1. The summed E-state index contributed by atoms with van der Waals surface area (Å²) in [5.41, 5.74) is 8.41. The van der Waals surface area contributed by atoms with Crippen LogP contribution in [0.5, 0.6) is 0 Å². The molecular weight excluding hydrogens is 238 g/mol. The molecule has 0 saturated heterocycles. The molecule has 102 valence electrons. The predicted octanol–water partition coefficient (Wildman–Crippen LogP) is 2.64. The topological polar surface area (TPSA) is 64.9 Å². The summed E-state index contributed by atoms with van der Waals surface area (Å²) in [6.45, 7) is 4.20. The van der Waals surface area contributed by atoms with E-state index in [1.807, 2.05) is 0 Å². The summed E-state index contributed by atoms with van der Waals surface area (Å²) in [7, 11) is 0. The molecular formula is C15H21N3O. The monoisotopic (exact) mass is 259 g/mol. The molecule has 0 spiro atoms. The number of benzene rings is 1. The Balaban J connectivity index is 1.95. The Hall–Kier alpha value is -1.68. The Bertz CT molecular complexity index is 504. The summed E-state index contributed by atoms with van der Waals surface area (Å²) in [4.78, 5) is 4.39. The zero-order chi connectivity index (χ0) is 13.7. The maximum Gasteiger partial charge on any atom is 0.228 e. The average molecular weight is 259 g/mol. The van der Waals surface area contributed by atoms with Gasteiger partial charge in [-0.15, -0.1) is 0 Å². The summed E-state index contributed by atoms with van der Waals surface area (Å²) in [5, 5.41) is 4.01. The third kappa shape index (κ3) is 4.17. The van der Waals surface area contributed by atoms with Gasteiger partial charge in [-0.05, 0) is 18.9 Å². The van der Waals surface area contributed by atoms with Gasteiger partial charge in [0.2, 0.25) is 5.89 Å². The van der Waals surface area contributed by atoms with Crippen molar-refractivity contribution in [3.8, 4) is 0 Å². The van der Waals surface area contributed by atoms with Crippen LogP contribution in [0.2, 0.25) is 0 Å². The summed E-state index contributed by atoms with van der Waals surface area (Å²) >= 11 is 0. The third-order valence-electron chi connectivity index (χ3n) is 3.09. The van der Waals surface area contributed by atoms with Crippen LogP contribution < -0.4 is 5.73 Å². The molecule has 4 heteroatoms. The fraction of sp³-hybridized carbons (Fsp3) is 0.467. The molecule has 1 aromatic carbocycles. The number of rotatable bonds is 6. The van der Waals surface area contributed by atoms with Crippen molar-refractivity contribution >= 4 is 0 Å². The van der Waals surface area contributed by atoms with Gasteiger partial charge < -0.3 is 10.3 Å². The van der Waals surface area contributed by atoms with Crippen LogP contribution in [0.4, 0.5) is 0 Å². The van der Waals surface area contributed by atoms with Gasteiger partial charge >= 0.3 is 0 Å². The number of hydrogen-bond donors (Lipinski definition) is 1. The van der Waals surface area contributed by atoms with E-state index in [2.05, 4.69) is 48.3 Å². The van der Waals surface area contributed by atoms with Crippen LogP contribution in [0.15, 0.2) is 28.8 Å². The first-order valence-electron chi connectivity index (χ1n) is 6.80. The highest BCUT2D eigenvalue weighted by molar-refractivity contribution is 5.23. The number of nitrogens with zero attached hydrogens (tertiary/aromatic N) is 2. The summed E-state index contributed by atoms with van der Waals surface area (Å²) in [6.07, 6.45) is 3.42. The first kappa shape index (κ1) is 13.7. The van der Waals surface area contributed by atoms with E-state index in [0.717, 1.165) is 18.7 Å². The number of aromatic nitrogens is 2. The van der Waals surface area contributed by atoms with E-state index in [1.54, 1.807) is 0 Å². The Morgan fingerprint density at radius 1 is 1.26 bits per heavy atom. The van der Waals surface area contributed by atoms with Crippen LogP contribution in [-0.2, 0) is 12.8 Å². The second-order valence-corrected chi connectivity index (χ2v) is 5.02. The van der Waals surface area contributed by atoms with Gasteiger partial charge in [-0.3, -0.25) is 0 Å².